The molecule has 3 N–H and O–H groups in total. The highest BCUT2D eigenvalue weighted by molar-refractivity contribution is 7.12. The predicted octanol–water partition coefficient (Wildman–Crippen LogP) is 3.87. The van der Waals surface area contributed by atoms with Crippen LogP contribution < -0.4 is 11.3 Å². The normalized spacial score (nSPS) is 13.7. The zero-order chi connectivity index (χ0) is 14.9. The molecule has 0 fully saturated rings. The first-order valence-corrected chi connectivity index (χ1v) is 8.49. The van der Waals surface area contributed by atoms with Gasteiger partial charge in [0.05, 0.1) is 16.7 Å². The van der Waals surface area contributed by atoms with Crippen LogP contribution in [0.1, 0.15) is 52.8 Å². The molecular formula is C15H23N3S2. The second-order valence-electron chi connectivity index (χ2n) is 6.19. The predicted molar refractivity (Wildman–Crippen MR) is 88.4 cm³/mol. The molecular weight excluding hydrogens is 286 g/mol. The molecule has 2 heterocycles. The van der Waals surface area contributed by atoms with Crippen LogP contribution in [0.2, 0.25) is 0 Å². The van der Waals surface area contributed by atoms with E-state index in [2.05, 4.69) is 51.5 Å². The van der Waals surface area contributed by atoms with Crippen LogP contribution in [0.4, 0.5) is 0 Å². The van der Waals surface area contributed by atoms with E-state index in [1.165, 1.54) is 15.3 Å². The number of hydrogen-bond acceptors (Lipinski definition) is 5. The largest absolute Gasteiger partial charge is 0.271 e. The summed E-state index contributed by atoms with van der Waals surface area (Å²) < 4.78 is 0. The van der Waals surface area contributed by atoms with E-state index in [0.29, 0.717) is 0 Å². The van der Waals surface area contributed by atoms with Gasteiger partial charge in [-0.25, -0.2) is 4.98 Å². The second kappa shape index (κ2) is 5.93. The Balaban J connectivity index is 2.16. The first-order chi connectivity index (χ1) is 9.31. The molecule has 5 heteroatoms. The van der Waals surface area contributed by atoms with E-state index >= 15 is 0 Å². The van der Waals surface area contributed by atoms with Gasteiger partial charge in [-0.1, -0.05) is 20.8 Å². The van der Waals surface area contributed by atoms with Crippen molar-refractivity contribution in [2.75, 3.05) is 0 Å². The quantitative estimate of drug-likeness (QED) is 0.666. The highest BCUT2D eigenvalue weighted by Gasteiger charge is 2.20. The third-order valence-corrected chi connectivity index (χ3v) is 5.57. The van der Waals surface area contributed by atoms with Gasteiger partial charge in [-0.15, -0.1) is 22.7 Å². The number of aromatic nitrogens is 1. The number of thiazole rings is 1. The zero-order valence-electron chi connectivity index (χ0n) is 12.8. The fraction of sp³-hybridized carbons (Fsp3) is 0.533. The fourth-order valence-electron chi connectivity index (χ4n) is 1.94. The summed E-state index contributed by atoms with van der Waals surface area (Å²) in [5, 5.41) is 3.30. The average Bonchev–Trinajstić information content (AvgIpc) is 2.94. The number of hydrazine groups is 1. The molecule has 2 aromatic heterocycles. The van der Waals surface area contributed by atoms with Crippen LogP contribution in [0.5, 0.6) is 0 Å². The second-order valence-corrected chi connectivity index (χ2v) is 8.42. The lowest BCUT2D eigenvalue weighted by Crippen LogP contribution is -2.29. The number of nitrogens with one attached hydrogen (secondary N) is 1. The standard InChI is InChI=1S/C15H23N3S2/c1-9-6-12(20-10(9)2)11(18-16)7-14-17-13(8-19-14)15(3,4)5/h6,8,11,18H,7,16H2,1-5H3. The number of nitrogens with zero attached hydrogens (tertiary/aromatic N) is 1. The molecule has 0 aliphatic rings. The van der Waals surface area contributed by atoms with Gasteiger partial charge in [0.25, 0.3) is 0 Å². The molecule has 0 aliphatic heterocycles. The Morgan fingerprint density at radius 2 is 2.05 bits per heavy atom. The molecule has 0 aromatic carbocycles. The molecule has 1 atom stereocenters. The molecule has 2 rings (SSSR count). The molecule has 0 saturated carbocycles. The van der Waals surface area contributed by atoms with Gasteiger partial charge in [0.15, 0.2) is 0 Å². The van der Waals surface area contributed by atoms with Crippen LogP contribution in [0.15, 0.2) is 11.4 Å². The smallest absolute Gasteiger partial charge is 0.0948 e. The van der Waals surface area contributed by atoms with Gasteiger partial charge in [-0.3, -0.25) is 11.3 Å². The summed E-state index contributed by atoms with van der Waals surface area (Å²) in [6.07, 6.45) is 0.844. The van der Waals surface area contributed by atoms with Crippen molar-refractivity contribution in [2.24, 2.45) is 5.84 Å². The van der Waals surface area contributed by atoms with Crippen LogP contribution in [0.3, 0.4) is 0 Å². The molecule has 0 radical (unpaired) electrons. The molecule has 2 aromatic rings. The van der Waals surface area contributed by atoms with E-state index in [-0.39, 0.29) is 11.5 Å². The number of hydrogen-bond donors (Lipinski definition) is 2. The summed E-state index contributed by atoms with van der Waals surface area (Å²) in [6.45, 7) is 10.9. The summed E-state index contributed by atoms with van der Waals surface area (Å²) >= 11 is 3.54. The topological polar surface area (TPSA) is 50.9 Å². The van der Waals surface area contributed by atoms with Crippen LogP contribution in [-0.4, -0.2) is 4.98 Å². The van der Waals surface area contributed by atoms with Gasteiger partial charge in [-0.05, 0) is 25.5 Å². The van der Waals surface area contributed by atoms with Crippen LogP contribution in [0.25, 0.3) is 0 Å². The third-order valence-electron chi connectivity index (χ3n) is 3.43. The lowest BCUT2D eigenvalue weighted by molar-refractivity contribution is 0.547. The Morgan fingerprint density at radius 3 is 2.50 bits per heavy atom. The summed E-state index contributed by atoms with van der Waals surface area (Å²) in [4.78, 5) is 7.39. The molecule has 110 valence electrons. The number of thiophene rings is 1. The van der Waals surface area contributed by atoms with E-state index in [1.54, 1.807) is 11.3 Å². The summed E-state index contributed by atoms with van der Waals surface area (Å²) in [5.41, 5.74) is 5.53. The molecule has 0 spiro atoms. The van der Waals surface area contributed by atoms with Gasteiger partial charge in [0, 0.05) is 27.0 Å². The Kier molecular flexibility index (Phi) is 4.64. The van der Waals surface area contributed by atoms with E-state index in [9.17, 15) is 0 Å². The molecule has 0 amide bonds. The lowest BCUT2D eigenvalue weighted by atomic mass is 9.93. The monoisotopic (exact) mass is 309 g/mol. The molecule has 0 bridgehead atoms. The minimum atomic E-state index is 0.108. The van der Waals surface area contributed by atoms with Crippen molar-refractivity contribution in [3.8, 4) is 0 Å². The van der Waals surface area contributed by atoms with Crippen molar-refractivity contribution in [1.82, 2.24) is 10.4 Å². The number of aryl methyl sites for hydroxylation is 2. The molecule has 20 heavy (non-hydrogen) atoms. The van der Waals surface area contributed by atoms with Crippen LogP contribution in [0, 0.1) is 13.8 Å². The van der Waals surface area contributed by atoms with E-state index in [0.717, 1.165) is 17.1 Å². The maximum Gasteiger partial charge on any atom is 0.0948 e. The lowest BCUT2D eigenvalue weighted by Gasteiger charge is -2.15. The third kappa shape index (κ3) is 3.47. The van der Waals surface area contributed by atoms with E-state index in [1.807, 2.05) is 11.3 Å². The molecule has 3 nitrogen and oxygen atoms in total. The molecule has 0 saturated heterocycles. The Morgan fingerprint density at radius 1 is 1.35 bits per heavy atom. The summed E-state index contributed by atoms with van der Waals surface area (Å²) in [7, 11) is 0. The van der Waals surface area contributed by atoms with Crippen molar-refractivity contribution in [1.29, 1.82) is 0 Å². The molecule has 1 unspecified atom stereocenters. The van der Waals surface area contributed by atoms with Crippen molar-refractivity contribution in [3.05, 3.63) is 37.5 Å². The van der Waals surface area contributed by atoms with E-state index < -0.39 is 0 Å². The van der Waals surface area contributed by atoms with Gasteiger partial charge < -0.3 is 0 Å². The van der Waals surface area contributed by atoms with Crippen LogP contribution >= 0.6 is 22.7 Å². The SMILES string of the molecule is Cc1cc(C(Cc2nc(C(C)(C)C)cs2)NN)sc1C. The Bertz CT molecular complexity index is 559. The maximum atomic E-state index is 5.74. The summed E-state index contributed by atoms with van der Waals surface area (Å²) in [6, 6.07) is 2.37. The van der Waals surface area contributed by atoms with Gasteiger partial charge in [0.1, 0.15) is 0 Å². The van der Waals surface area contributed by atoms with Gasteiger partial charge in [-0.2, -0.15) is 0 Å². The van der Waals surface area contributed by atoms with Crippen molar-refractivity contribution >= 4 is 22.7 Å². The van der Waals surface area contributed by atoms with Crippen molar-refractivity contribution < 1.29 is 0 Å². The minimum absolute atomic E-state index is 0.108. The summed E-state index contributed by atoms with van der Waals surface area (Å²) in [5.74, 6) is 5.74. The minimum Gasteiger partial charge on any atom is -0.271 e. The Hall–Kier alpha value is -0.750. The first kappa shape index (κ1) is 15.6. The fourth-order valence-corrected chi connectivity index (χ4v) is 4.11. The van der Waals surface area contributed by atoms with Gasteiger partial charge in [0.2, 0.25) is 0 Å². The Labute approximate surface area is 129 Å². The zero-order valence-corrected chi connectivity index (χ0v) is 14.4. The highest BCUT2D eigenvalue weighted by atomic mass is 32.1. The maximum absolute atomic E-state index is 5.74. The van der Waals surface area contributed by atoms with Crippen molar-refractivity contribution in [3.63, 3.8) is 0 Å². The molecule has 0 aliphatic carbocycles. The van der Waals surface area contributed by atoms with Crippen molar-refractivity contribution in [2.45, 2.75) is 52.5 Å². The van der Waals surface area contributed by atoms with Gasteiger partial charge >= 0.3 is 0 Å². The van der Waals surface area contributed by atoms with Crippen LogP contribution in [-0.2, 0) is 11.8 Å². The average molecular weight is 310 g/mol. The highest BCUT2D eigenvalue weighted by Crippen LogP contribution is 2.30. The number of rotatable bonds is 4. The van der Waals surface area contributed by atoms with E-state index in [4.69, 9.17) is 10.8 Å². The number of nitrogens with two attached hydrogens (primary N) is 1. The first-order valence-electron chi connectivity index (χ1n) is 6.79.